The number of aromatic nitrogens is 3. The van der Waals surface area contributed by atoms with Crippen LogP contribution in [0.15, 0.2) is 17.8 Å². The monoisotopic (exact) mass is 346 g/mol. The summed E-state index contributed by atoms with van der Waals surface area (Å²) in [7, 11) is 0. The van der Waals surface area contributed by atoms with E-state index in [4.69, 9.17) is 4.74 Å². The number of aryl methyl sites for hydroxylation is 1. The van der Waals surface area contributed by atoms with Gasteiger partial charge in [0.25, 0.3) is 0 Å². The van der Waals surface area contributed by atoms with Gasteiger partial charge in [-0.25, -0.2) is 15.0 Å². The van der Waals surface area contributed by atoms with Gasteiger partial charge in [-0.2, -0.15) is 0 Å². The fourth-order valence-electron chi connectivity index (χ4n) is 2.75. The molecular formula is C17H22N4O2S. The van der Waals surface area contributed by atoms with Crippen molar-refractivity contribution in [2.45, 2.75) is 51.7 Å². The molecule has 3 rings (SSSR count). The van der Waals surface area contributed by atoms with Crippen molar-refractivity contribution in [2.24, 2.45) is 0 Å². The molecule has 0 radical (unpaired) electrons. The van der Waals surface area contributed by atoms with Gasteiger partial charge in [0.15, 0.2) is 5.82 Å². The Bertz CT molecular complexity index is 693. The SMILES string of the molecule is Cc1nc(CC(=O)NCc2cnc(C3(C)CCCCO3)nc2)cs1. The molecule has 0 aromatic carbocycles. The summed E-state index contributed by atoms with van der Waals surface area (Å²) in [6.07, 6.45) is 6.99. The van der Waals surface area contributed by atoms with Crippen molar-refractivity contribution in [3.05, 3.63) is 39.9 Å². The van der Waals surface area contributed by atoms with Crippen LogP contribution in [0.4, 0.5) is 0 Å². The first kappa shape index (κ1) is 17.0. The van der Waals surface area contributed by atoms with Gasteiger partial charge in [-0.3, -0.25) is 4.79 Å². The molecule has 0 bridgehead atoms. The summed E-state index contributed by atoms with van der Waals surface area (Å²) in [5.74, 6) is 0.669. The van der Waals surface area contributed by atoms with E-state index in [0.717, 1.165) is 48.0 Å². The maximum Gasteiger partial charge on any atom is 0.226 e. The van der Waals surface area contributed by atoms with E-state index in [-0.39, 0.29) is 11.5 Å². The van der Waals surface area contributed by atoms with Crippen LogP contribution in [-0.2, 0) is 28.1 Å². The third kappa shape index (κ3) is 4.15. The number of hydrogen-bond donors (Lipinski definition) is 1. The molecule has 128 valence electrons. The molecule has 1 atom stereocenters. The van der Waals surface area contributed by atoms with Crippen LogP contribution in [0.2, 0.25) is 0 Å². The maximum atomic E-state index is 12.0. The average Bonchev–Trinajstić information content (AvgIpc) is 2.99. The second-order valence-electron chi connectivity index (χ2n) is 6.26. The fraction of sp³-hybridized carbons (Fsp3) is 0.529. The third-order valence-electron chi connectivity index (χ3n) is 4.15. The van der Waals surface area contributed by atoms with E-state index < -0.39 is 0 Å². The van der Waals surface area contributed by atoms with E-state index in [9.17, 15) is 4.79 Å². The Labute approximate surface area is 145 Å². The Morgan fingerprint density at radius 2 is 2.17 bits per heavy atom. The molecule has 1 amide bonds. The zero-order valence-electron chi connectivity index (χ0n) is 14.0. The zero-order valence-corrected chi connectivity index (χ0v) is 14.9. The maximum absolute atomic E-state index is 12.0. The molecule has 0 spiro atoms. The standard InChI is InChI=1S/C17H22N4O2S/c1-12-21-14(11-24-12)7-15(22)18-8-13-9-19-16(20-10-13)17(2)5-3-4-6-23-17/h9-11H,3-8H2,1-2H3,(H,18,22). The molecule has 1 N–H and O–H groups in total. The van der Waals surface area contributed by atoms with Gasteiger partial charge in [0.2, 0.25) is 5.91 Å². The van der Waals surface area contributed by atoms with Crippen LogP contribution >= 0.6 is 11.3 Å². The predicted molar refractivity (Wildman–Crippen MR) is 91.6 cm³/mol. The summed E-state index contributed by atoms with van der Waals surface area (Å²) >= 11 is 1.55. The highest BCUT2D eigenvalue weighted by atomic mass is 32.1. The van der Waals surface area contributed by atoms with Crippen molar-refractivity contribution in [3.63, 3.8) is 0 Å². The average molecular weight is 346 g/mol. The lowest BCUT2D eigenvalue weighted by Gasteiger charge is -2.32. The van der Waals surface area contributed by atoms with Crippen LogP contribution in [0.5, 0.6) is 0 Å². The lowest BCUT2D eigenvalue weighted by Crippen LogP contribution is -2.32. The summed E-state index contributed by atoms with van der Waals surface area (Å²) < 4.78 is 5.86. The largest absolute Gasteiger partial charge is 0.367 e. The van der Waals surface area contributed by atoms with Gasteiger partial charge in [0.1, 0.15) is 5.60 Å². The number of amides is 1. The second kappa shape index (κ2) is 7.36. The zero-order chi connectivity index (χ0) is 17.0. The lowest BCUT2D eigenvalue weighted by molar-refractivity contribution is -0.120. The van der Waals surface area contributed by atoms with E-state index in [1.807, 2.05) is 19.2 Å². The Balaban J connectivity index is 1.53. The molecule has 1 fully saturated rings. The van der Waals surface area contributed by atoms with E-state index in [2.05, 4.69) is 20.3 Å². The highest BCUT2D eigenvalue weighted by Gasteiger charge is 2.32. The van der Waals surface area contributed by atoms with Gasteiger partial charge >= 0.3 is 0 Å². The minimum absolute atomic E-state index is 0.0491. The van der Waals surface area contributed by atoms with Gasteiger partial charge in [0.05, 0.1) is 17.1 Å². The topological polar surface area (TPSA) is 77.0 Å². The number of carbonyl (C=O) groups excluding carboxylic acids is 1. The molecule has 3 heterocycles. The van der Waals surface area contributed by atoms with Crippen LogP contribution in [0.1, 0.15) is 48.3 Å². The van der Waals surface area contributed by atoms with Crippen LogP contribution in [-0.4, -0.2) is 27.5 Å². The van der Waals surface area contributed by atoms with Crippen LogP contribution in [0.3, 0.4) is 0 Å². The van der Waals surface area contributed by atoms with Gasteiger partial charge < -0.3 is 10.1 Å². The first-order valence-corrected chi connectivity index (χ1v) is 9.06. The predicted octanol–water partition coefficient (Wildman–Crippen LogP) is 2.52. The molecule has 6 nitrogen and oxygen atoms in total. The number of nitrogens with one attached hydrogen (secondary N) is 1. The van der Waals surface area contributed by atoms with Crippen LogP contribution < -0.4 is 5.32 Å². The molecular weight excluding hydrogens is 324 g/mol. The number of hydrogen-bond acceptors (Lipinski definition) is 6. The van der Waals surface area contributed by atoms with Crippen molar-refractivity contribution in [1.29, 1.82) is 0 Å². The smallest absolute Gasteiger partial charge is 0.226 e. The molecule has 0 aliphatic carbocycles. The molecule has 2 aromatic heterocycles. The molecule has 1 aliphatic rings. The molecule has 2 aromatic rings. The first-order chi connectivity index (χ1) is 11.5. The normalized spacial score (nSPS) is 20.8. The molecule has 1 aliphatic heterocycles. The summed E-state index contributed by atoms with van der Waals surface area (Å²) in [5.41, 5.74) is 1.30. The van der Waals surface area contributed by atoms with E-state index in [1.165, 1.54) is 0 Å². The minimum atomic E-state index is -0.386. The molecule has 1 saturated heterocycles. The third-order valence-corrected chi connectivity index (χ3v) is 4.97. The van der Waals surface area contributed by atoms with Crippen molar-refractivity contribution in [3.8, 4) is 0 Å². The highest BCUT2D eigenvalue weighted by Crippen LogP contribution is 2.32. The number of thiazole rings is 1. The van der Waals surface area contributed by atoms with Gasteiger partial charge in [0, 0.05) is 36.5 Å². The van der Waals surface area contributed by atoms with E-state index in [0.29, 0.717) is 13.0 Å². The Morgan fingerprint density at radius 1 is 1.38 bits per heavy atom. The van der Waals surface area contributed by atoms with Crippen LogP contribution in [0, 0.1) is 6.92 Å². The van der Waals surface area contributed by atoms with Gasteiger partial charge in [-0.15, -0.1) is 11.3 Å². The summed E-state index contributed by atoms with van der Waals surface area (Å²) in [4.78, 5) is 25.1. The Morgan fingerprint density at radius 3 is 2.79 bits per heavy atom. The quantitative estimate of drug-likeness (QED) is 0.900. The van der Waals surface area contributed by atoms with Crippen molar-refractivity contribution < 1.29 is 9.53 Å². The second-order valence-corrected chi connectivity index (χ2v) is 7.32. The summed E-state index contributed by atoms with van der Waals surface area (Å²) in [6.45, 7) is 5.15. The molecule has 0 saturated carbocycles. The van der Waals surface area contributed by atoms with Gasteiger partial charge in [-0.1, -0.05) is 0 Å². The number of carbonyl (C=O) groups is 1. The van der Waals surface area contributed by atoms with Gasteiger partial charge in [-0.05, 0) is 33.1 Å². The Kier molecular flexibility index (Phi) is 5.20. The van der Waals surface area contributed by atoms with Crippen LogP contribution in [0.25, 0.3) is 0 Å². The van der Waals surface area contributed by atoms with Crippen molar-refractivity contribution in [2.75, 3.05) is 6.61 Å². The Hall–Kier alpha value is -1.86. The first-order valence-electron chi connectivity index (χ1n) is 8.18. The lowest BCUT2D eigenvalue weighted by atomic mass is 9.95. The summed E-state index contributed by atoms with van der Waals surface area (Å²) in [6, 6.07) is 0. The van der Waals surface area contributed by atoms with E-state index in [1.54, 1.807) is 23.7 Å². The molecule has 7 heteroatoms. The number of ether oxygens (including phenoxy) is 1. The number of nitrogens with zero attached hydrogens (tertiary/aromatic N) is 3. The molecule has 24 heavy (non-hydrogen) atoms. The number of rotatable bonds is 5. The fourth-order valence-corrected chi connectivity index (χ4v) is 3.36. The van der Waals surface area contributed by atoms with Crippen molar-refractivity contribution >= 4 is 17.2 Å². The minimum Gasteiger partial charge on any atom is -0.367 e. The van der Waals surface area contributed by atoms with E-state index >= 15 is 0 Å². The highest BCUT2D eigenvalue weighted by molar-refractivity contribution is 7.09. The summed E-state index contributed by atoms with van der Waals surface area (Å²) in [5, 5.41) is 5.77. The molecule has 1 unspecified atom stereocenters. The van der Waals surface area contributed by atoms with Crippen molar-refractivity contribution in [1.82, 2.24) is 20.3 Å².